The van der Waals surface area contributed by atoms with Gasteiger partial charge < -0.3 is 9.84 Å². The Morgan fingerprint density at radius 2 is 2.11 bits per heavy atom. The molecule has 0 spiro atoms. The zero-order valence-corrected chi connectivity index (χ0v) is 11.9. The fraction of sp³-hybridized carbons (Fsp3) is 0. The van der Waals surface area contributed by atoms with Gasteiger partial charge in [-0.2, -0.15) is 0 Å². The fourth-order valence-corrected chi connectivity index (χ4v) is 1.90. The maximum atomic E-state index is 10.5. The van der Waals surface area contributed by atoms with Gasteiger partial charge in [-0.3, -0.25) is 4.98 Å². The average molecular weight is 367 g/mol. The normalized spacial score (nSPS) is 10.6. The molecule has 1 aromatic carbocycles. The molecule has 0 unspecified atom stereocenters. The van der Waals surface area contributed by atoms with E-state index in [2.05, 4.69) is 27.6 Å². The summed E-state index contributed by atoms with van der Waals surface area (Å²) in [6, 6.07) is 9.35. The Balaban J connectivity index is 2.20. The Labute approximate surface area is 123 Å². The van der Waals surface area contributed by atoms with Gasteiger partial charge in [-0.05, 0) is 52.4 Å². The van der Waals surface area contributed by atoms with Crippen LogP contribution in [0.5, 0.6) is 11.5 Å². The molecule has 2 rings (SSSR count). The maximum absolute atomic E-state index is 10.5. The van der Waals surface area contributed by atoms with Crippen LogP contribution < -0.4 is 4.74 Å². The number of pyridine rings is 1. The topological polar surface area (TPSA) is 59.4 Å². The van der Waals surface area contributed by atoms with Gasteiger partial charge >= 0.3 is 5.97 Å². The Morgan fingerprint density at radius 3 is 2.84 bits per heavy atom. The van der Waals surface area contributed by atoms with Crippen molar-refractivity contribution in [2.24, 2.45) is 0 Å². The number of halogens is 1. The van der Waals surface area contributed by atoms with Crippen molar-refractivity contribution in [1.29, 1.82) is 0 Å². The van der Waals surface area contributed by atoms with E-state index in [1.54, 1.807) is 18.5 Å². The zero-order chi connectivity index (χ0) is 13.7. The Hall–Kier alpha value is -1.89. The average Bonchev–Trinajstić information content (AvgIpc) is 2.40. The molecule has 96 valence electrons. The number of benzene rings is 1. The number of carboxylic acids is 1. The van der Waals surface area contributed by atoms with E-state index in [4.69, 9.17) is 9.84 Å². The molecule has 0 amide bonds. The van der Waals surface area contributed by atoms with Crippen LogP contribution in [0.4, 0.5) is 0 Å². The molecule has 0 saturated carbocycles. The highest BCUT2D eigenvalue weighted by atomic mass is 127. The second-order valence-electron chi connectivity index (χ2n) is 3.66. The molecular weight excluding hydrogens is 357 g/mol. The molecule has 4 nitrogen and oxygen atoms in total. The first-order valence-electron chi connectivity index (χ1n) is 5.43. The van der Waals surface area contributed by atoms with Gasteiger partial charge in [-0.25, -0.2) is 4.79 Å². The first-order chi connectivity index (χ1) is 9.15. The number of para-hydroxylation sites is 1. The molecule has 0 aliphatic heterocycles. The van der Waals surface area contributed by atoms with E-state index in [9.17, 15) is 4.79 Å². The number of hydrogen-bond acceptors (Lipinski definition) is 3. The summed E-state index contributed by atoms with van der Waals surface area (Å²) >= 11 is 2.18. The Kier molecular flexibility index (Phi) is 4.51. The van der Waals surface area contributed by atoms with Crippen LogP contribution in [-0.4, -0.2) is 16.1 Å². The summed E-state index contributed by atoms with van der Waals surface area (Å²) in [5.74, 6) is 0.310. The molecule has 19 heavy (non-hydrogen) atoms. The molecule has 1 N–H and O–H groups in total. The molecule has 2 aromatic rings. The van der Waals surface area contributed by atoms with Crippen molar-refractivity contribution in [2.75, 3.05) is 0 Å². The smallest absolute Gasteiger partial charge is 0.328 e. The van der Waals surface area contributed by atoms with Crippen molar-refractivity contribution < 1.29 is 14.6 Å². The summed E-state index contributed by atoms with van der Waals surface area (Å²) in [6.07, 6.45) is 5.69. The summed E-state index contributed by atoms with van der Waals surface area (Å²) in [5, 5.41) is 8.58. The summed E-state index contributed by atoms with van der Waals surface area (Å²) in [7, 11) is 0. The van der Waals surface area contributed by atoms with Gasteiger partial charge in [0.2, 0.25) is 0 Å². The standard InChI is InChI=1S/C14H10INO3/c15-12-3-1-2-4-13(12)19-11-7-10(8-16-9-11)5-6-14(17)18/h1-9H,(H,17,18)/b6-5+. The van der Waals surface area contributed by atoms with E-state index in [0.717, 1.165) is 15.4 Å². The van der Waals surface area contributed by atoms with E-state index in [0.29, 0.717) is 11.3 Å². The highest BCUT2D eigenvalue weighted by molar-refractivity contribution is 14.1. The van der Waals surface area contributed by atoms with E-state index in [1.165, 1.54) is 6.08 Å². The maximum Gasteiger partial charge on any atom is 0.328 e. The number of aliphatic carboxylic acids is 1. The lowest BCUT2D eigenvalue weighted by atomic mass is 10.2. The number of nitrogens with zero attached hydrogens (tertiary/aromatic N) is 1. The molecule has 0 saturated heterocycles. The minimum atomic E-state index is -0.996. The molecule has 1 aromatic heterocycles. The molecular formula is C14H10INO3. The van der Waals surface area contributed by atoms with E-state index < -0.39 is 5.97 Å². The minimum absolute atomic E-state index is 0.566. The van der Waals surface area contributed by atoms with Crippen LogP contribution in [0.3, 0.4) is 0 Å². The Morgan fingerprint density at radius 1 is 1.32 bits per heavy atom. The largest absolute Gasteiger partial charge is 0.478 e. The van der Waals surface area contributed by atoms with E-state index >= 15 is 0 Å². The van der Waals surface area contributed by atoms with Gasteiger partial charge in [-0.15, -0.1) is 0 Å². The van der Waals surface area contributed by atoms with Gasteiger partial charge in [0.1, 0.15) is 11.5 Å². The molecule has 0 fully saturated rings. The predicted molar refractivity (Wildman–Crippen MR) is 80.1 cm³/mol. The fourth-order valence-electron chi connectivity index (χ4n) is 1.40. The van der Waals surface area contributed by atoms with Crippen LogP contribution in [0.2, 0.25) is 0 Å². The van der Waals surface area contributed by atoms with Crippen LogP contribution in [-0.2, 0) is 4.79 Å². The van der Waals surface area contributed by atoms with Crippen LogP contribution in [0.1, 0.15) is 5.56 Å². The second-order valence-corrected chi connectivity index (χ2v) is 4.82. The van der Waals surface area contributed by atoms with Crippen molar-refractivity contribution >= 4 is 34.6 Å². The molecule has 0 radical (unpaired) electrons. The van der Waals surface area contributed by atoms with E-state index in [1.807, 2.05) is 24.3 Å². The summed E-state index contributed by atoms with van der Waals surface area (Å²) < 4.78 is 6.70. The third kappa shape index (κ3) is 4.06. The van der Waals surface area contributed by atoms with Gasteiger partial charge in [0.05, 0.1) is 9.77 Å². The van der Waals surface area contributed by atoms with Crippen molar-refractivity contribution in [3.63, 3.8) is 0 Å². The molecule has 0 aliphatic rings. The van der Waals surface area contributed by atoms with Crippen LogP contribution in [0.25, 0.3) is 6.08 Å². The second kappa shape index (κ2) is 6.33. The third-order valence-electron chi connectivity index (χ3n) is 2.22. The van der Waals surface area contributed by atoms with Gasteiger partial charge in [0.25, 0.3) is 0 Å². The minimum Gasteiger partial charge on any atom is -0.478 e. The van der Waals surface area contributed by atoms with Gasteiger partial charge in [0, 0.05) is 12.3 Å². The van der Waals surface area contributed by atoms with Gasteiger partial charge in [0.15, 0.2) is 0 Å². The summed E-state index contributed by atoms with van der Waals surface area (Å²) in [6.45, 7) is 0. The number of hydrogen-bond donors (Lipinski definition) is 1. The Bertz CT molecular complexity index is 626. The van der Waals surface area contributed by atoms with Crippen LogP contribution >= 0.6 is 22.6 Å². The SMILES string of the molecule is O=C(O)/C=C/c1cncc(Oc2ccccc2I)c1. The molecule has 0 atom stereocenters. The number of ether oxygens (including phenoxy) is 1. The monoisotopic (exact) mass is 367 g/mol. The van der Waals surface area contributed by atoms with Crippen molar-refractivity contribution in [1.82, 2.24) is 4.98 Å². The lowest BCUT2D eigenvalue weighted by molar-refractivity contribution is -0.131. The predicted octanol–water partition coefficient (Wildman–Crippen LogP) is 3.58. The number of aromatic nitrogens is 1. The number of rotatable bonds is 4. The van der Waals surface area contributed by atoms with Crippen molar-refractivity contribution in [2.45, 2.75) is 0 Å². The first kappa shape index (κ1) is 13.5. The lowest BCUT2D eigenvalue weighted by Crippen LogP contribution is -1.89. The van der Waals surface area contributed by atoms with Crippen molar-refractivity contribution in [3.05, 3.63) is 57.9 Å². The zero-order valence-electron chi connectivity index (χ0n) is 9.79. The quantitative estimate of drug-likeness (QED) is 0.663. The van der Waals surface area contributed by atoms with Crippen LogP contribution in [0, 0.1) is 3.57 Å². The molecule has 1 heterocycles. The third-order valence-corrected chi connectivity index (χ3v) is 3.11. The summed E-state index contributed by atoms with van der Waals surface area (Å²) in [4.78, 5) is 14.5. The van der Waals surface area contributed by atoms with Crippen molar-refractivity contribution in [3.8, 4) is 11.5 Å². The highest BCUT2D eigenvalue weighted by Crippen LogP contribution is 2.26. The molecule has 0 bridgehead atoms. The first-order valence-corrected chi connectivity index (χ1v) is 6.51. The molecule has 0 aliphatic carbocycles. The number of carbonyl (C=O) groups is 1. The van der Waals surface area contributed by atoms with Crippen LogP contribution in [0.15, 0.2) is 48.8 Å². The number of carboxylic acid groups (broad SMARTS) is 1. The van der Waals surface area contributed by atoms with E-state index in [-0.39, 0.29) is 0 Å². The highest BCUT2D eigenvalue weighted by Gasteiger charge is 2.02. The summed E-state index contributed by atoms with van der Waals surface area (Å²) in [5.41, 5.74) is 0.672. The van der Waals surface area contributed by atoms with Gasteiger partial charge in [-0.1, -0.05) is 12.1 Å². The lowest BCUT2D eigenvalue weighted by Gasteiger charge is -2.07. The molecule has 5 heteroatoms.